The predicted molar refractivity (Wildman–Crippen MR) is 111 cm³/mol. The van der Waals surface area contributed by atoms with Crippen LogP contribution in [-0.4, -0.2) is 26.9 Å². The van der Waals surface area contributed by atoms with Gasteiger partial charge in [-0.1, -0.05) is 41.4 Å². The largest absolute Gasteiger partial charge is 0.306 e. The van der Waals surface area contributed by atoms with Gasteiger partial charge in [0.1, 0.15) is 6.33 Å². The minimum atomic E-state index is -0.0358. The second-order valence-corrected chi connectivity index (χ2v) is 7.15. The van der Waals surface area contributed by atoms with Gasteiger partial charge < -0.3 is 5.32 Å². The first kappa shape index (κ1) is 18.6. The summed E-state index contributed by atoms with van der Waals surface area (Å²) in [7, 11) is 0. The van der Waals surface area contributed by atoms with Crippen molar-refractivity contribution in [3.8, 4) is 11.1 Å². The van der Waals surface area contributed by atoms with E-state index in [0.717, 1.165) is 22.3 Å². The number of ketones is 1. The van der Waals surface area contributed by atoms with Crippen LogP contribution in [0.2, 0.25) is 10.0 Å². The van der Waals surface area contributed by atoms with Crippen LogP contribution in [0.3, 0.4) is 0 Å². The molecule has 0 amide bonds. The molecule has 0 aliphatic heterocycles. The van der Waals surface area contributed by atoms with E-state index >= 15 is 0 Å². The second kappa shape index (κ2) is 8.10. The average Bonchev–Trinajstić information content (AvgIpc) is 3.18. The smallest absolute Gasteiger partial charge is 0.176 e. The molecule has 0 saturated carbocycles. The highest BCUT2D eigenvalue weighted by molar-refractivity contribution is 6.42. The molecule has 5 nitrogen and oxygen atoms in total. The molecule has 140 valence electrons. The maximum absolute atomic E-state index is 12.3. The number of fused-ring (bicyclic) bond motifs is 1. The van der Waals surface area contributed by atoms with Gasteiger partial charge in [-0.3, -0.25) is 4.79 Å². The number of benzene rings is 2. The fourth-order valence-electron chi connectivity index (χ4n) is 2.94. The molecule has 2 aromatic heterocycles. The van der Waals surface area contributed by atoms with Gasteiger partial charge in [0.2, 0.25) is 0 Å². The molecule has 28 heavy (non-hydrogen) atoms. The van der Waals surface area contributed by atoms with Crippen LogP contribution in [-0.2, 0) is 6.54 Å². The number of halogens is 2. The molecular weight excluding hydrogens is 395 g/mol. The number of pyridine rings is 1. The van der Waals surface area contributed by atoms with Crippen LogP contribution in [0.15, 0.2) is 67.1 Å². The average molecular weight is 411 g/mol. The van der Waals surface area contributed by atoms with Crippen molar-refractivity contribution >= 4 is 34.6 Å². The molecule has 4 aromatic rings. The quantitative estimate of drug-likeness (QED) is 0.469. The maximum Gasteiger partial charge on any atom is 0.176 e. The van der Waals surface area contributed by atoms with Gasteiger partial charge in [0, 0.05) is 23.9 Å². The first-order valence-corrected chi connectivity index (χ1v) is 9.43. The Bertz CT molecular complexity index is 1160. The van der Waals surface area contributed by atoms with Gasteiger partial charge in [-0.05, 0) is 47.5 Å². The van der Waals surface area contributed by atoms with Gasteiger partial charge in [0.15, 0.2) is 11.4 Å². The van der Waals surface area contributed by atoms with E-state index < -0.39 is 0 Å². The van der Waals surface area contributed by atoms with Gasteiger partial charge in [-0.15, -0.1) is 0 Å². The minimum absolute atomic E-state index is 0.0358. The summed E-state index contributed by atoms with van der Waals surface area (Å²) in [6.07, 6.45) is 3.48. The van der Waals surface area contributed by atoms with Crippen molar-refractivity contribution < 1.29 is 4.79 Å². The summed E-state index contributed by atoms with van der Waals surface area (Å²) in [6.45, 7) is 0.791. The topological polar surface area (TPSA) is 59.3 Å². The molecule has 2 heterocycles. The molecule has 0 bridgehead atoms. The third kappa shape index (κ3) is 4.07. The summed E-state index contributed by atoms with van der Waals surface area (Å²) in [4.78, 5) is 16.5. The monoisotopic (exact) mass is 410 g/mol. The maximum atomic E-state index is 12.3. The standard InChI is InChI=1S/C21H16Cl2N4O/c22-18-6-4-16(9-19(18)23)20(28)11-24-10-14-2-1-3-15(8-14)17-5-7-21-25-13-26-27(21)12-17/h1-9,12-13,24H,10-11H2. The highest BCUT2D eigenvalue weighted by atomic mass is 35.5. The first-order chi connectivity index (χ1) is 13.6. The Balaban J connectivity index is 1.42. The molecular formula is C21H16Cl2N4O. The molecule has 0 radical (unpaired) electrons. The number of aromatic nitrogens is 3. The lowest BCUT2D eigenvalue weighted by Gasteiger charge is -2.08. The van der Waals surface area contributed by atoms with Crippen LogP contribution >= 0.6 is 23.2 Å². The Morgan fingerprint density at radius 3 is 2.75 bits per heavy atom. The van der Waals surface area contributed by atoms with Crippen molar-refractivity contribution in [3.05, 3.63) is 88.3 Å². The number of carbonyl (C=O) groups excluding carboxylic acids is 1. The summed E-state index contributed by atoms with van der Waals surface area (Å²) in [5.41, 5.74) is 4.55. The third-order valence-corrected chi connectivity index (χ3v) is 5.13. The minimum Gasteiger partial charge on any atom is -0.306 e. The van der Waals surface area contributed by atoms with Gasteiger partial charge in [0.25, 0.3) is 0 Å². The van der Waals surface area contributed by atoms with Crippen LogP contribution in [0, 0.1) is 0 Å². The zero-order valence-electron chi connectivity index (χ0n) is 14.8. The van der Waals surface area contributed by atoms with E-state index in [-0.39, 0.29) is 12.3 Å². The van der Waals surface area contributed by atoms with Crippen LogP contribution in [0.4, 0.5) is 0 Å². The molecule has 4 rings (SSSR count). The normalized spacial score (nSPS) is 11.1. The van der Waals surface area contributed by atoms with Crippen LogP contribution in [0.25, 0.3) is 16.8 Å². The number of rotatable bonds is 6. The number of hydrogen-bond donors (Lipinski definition) is 1. The summed E-state index contributed by atoms with van der Waals surface area (Å²) in [5, 5.41) is 8.18. The SMILES string of the molecule is O=C(CNCc1cccc(-c2ccc3ncnn3c2)c1)c1ccc(Cl)c(Cl)c1. The number of nitrogens with zero attached hydrogens (tertiary/aromatic N) is 3. The number of hydrogen-bond acceptors (Lipinski definition) is 4. The fraction of sp³-hybridized carbons (Fsp3) is 0.0952. The Labute approximate surface area is 171 Å². The lowest BCUT2D eigenvalue weighted by Crippen LogP contribution is -2.22. The van der Waals surface area contributed by atoms with E-state index in [2.05, 4.69) is 21.5 Å². The number of carbonyl (C=O) groups is 1. The Morgan fingerprint density at radius 2 is 1.89 bits per heavy atom. The molecule has 2 aromatic carbocycles. The van der Waals surface area contributed by atoms with Crippen molar-refractivity contribution in [2.45, 2.75) is 6.54 Å². The molecule has 1 N–H and O–H groups in total. The summed E-state index contributed by atoms with van der Waals surface area (Å²) < 4.78 is 1.75. The molecule has 0 aliphatic carbocycles. The fourth-order valence-corrected chi connectivity index (χ4v) is 3.24. The van der Waals surface area contributed by atoms with Gasteiger partial charge >= 0.3 is 0 Å². The summed E-state index contributed by atoms with van der Waals surface area (Å²) >= 11 is 11.9. The van der Waals surface area contributed by atoms with Gasteiger partial charge in [-0.2, -0.15) is 5.10 Å². The Hall–Kier alpha value is -2.73. The van der Waals surface area contributed by atoms with Crippen molar-refractivity contribution in [2.24, 2.45) is 0 Å². The molecule has 0 unspecified atom stereocenters. The molecule has 0 spiro atoms. The van der Waals surface area contributed by atoms with E-state index in [9.17, 15) is 4.79 Å². The molecule has 0 atom stereocenters. The van der Waals surface area contributed by atoms with Crippen molar-refractivity contribution in [3.63, 3.8) is 0 Å². The Morgan fingerprint density at radius 1 is 1.00 bits per heavy atom. The third-order valence-electron chi connectivity index (χ3n) is 4.39. The van der Waals surface area contributed by atoms with Crippen LogP contribution in [0.1, 0.15) is 15.9 Å². The Kier molecular flexibility index (Phi) is 5.39. The van der Waals surface area contributed by atoms with E-state index in [1.54, 1.807) is 22.7 Å². The molecule has 0 aliphatic rings. The van der Waals surface area contributed by atoms with E-state index in [1.165, 1.54) is 6.33 Å². The highest BCUT2D eigenvalue weighted by Crippen LogP contribution is 2.23. The van der Waals surface area contributed by atoms with Crippen LogP contribution < -0.4 is 5.32 Å². The summed E-state index contributed by atoms with van der Waals surface area (Å²) in [5.74, 6) is -0.0358. The lowest BCUT2D eigenvalue weighted by molar-refractivity contribution is 0.0991. The van der Waals surface area contributed by atoms with Crippen molar-refractivity contribution in [2.75, 3.05) is 6.54 Å². The zero-order chi connectivity index (χ0) is 19.5. The van der Waals surface area contributed by atoms with E-state index in [0.29, 0.717) is 22.2 Å². The molecule has 0 saturated heterocycles. The molecule has 0 fully saturated rings. The number of Topliss-reactive ketones (excluding diaryl/α,β-unsaturated/α-hetero) is 1. The van der Waals surface area contributed by atoms with Crippen LogP contribution in [0.5, 0.6) is 0 Å². The van der Waals surface area contributed by atoms with Crippen molar-refractivity contribution in [1.29, 1.82) is 0 Å². The van der Waals surface area contributed by atoms with E-state index in [1.807, 2.05) is 36.5 Å². The van der Waals surface area contributed by atoms with E-state index in [4.69, 9.17) is 23.2 Å². The molecule has 7 heteroatoms. The first-order valence-electron chi connectivity index (χ1n) is 8.68. The van der Waals surface area contributed by atoms with Gasteiger partial charge in [-0.25, -0.2) is 9.50 Å². The highest BCUT2D eigenvalue weighted by Gasteiger charge is 2.08. The zero-order valence-corrected chi connectivity index (χ0v) is 16.3. The van der Waals surface area contributed by atoms with Crippen molar-refractivity contribution in [1.82, 2.24) is 19.9 Å². The lowest BCUT2D eigenvalue weighted by atomic mass is 10.0. The van der Waals surface area contributed by atoms with Gasteiger partial charge in [0.05, 0.1) is 16.6 Å². The summed E-state index contributed by atoms with van der Waals surface area (Å²) in [6, 6.07) is 17.0. The predicted octanol–water partition coefficient (Wildman–Crippen LogP) is 4.68. The second-order valence-electron chi connectivity index (χ2n) is 6.34. The number of nitrogens with one attached hydrogen (secondary N) is 1.